The Morgan fingerprint density at radius 2 is 1.73 bits per heavy atom. The van der Waals surface area contributed by atoms with E-state index in [1.165, 1.54) is 29.0 Å². The molecule has 0 atom stereocenters. The molecule has 0 unspecified atom stereocenters. The number of β-amino-alcohol motifs (C(OH)–C–C–N with tert-alkyl or cyclic N) is 1. The van der Waals surface area contributed by atoms with Crippen molar-refractivity contribution in [2.45, 2.75) is 108 Å². The van der Waals surface area contributed by atoms with Gasteiger partial charge in [-0.3, -0.25) is 9.69 Å². The van der Waals surface area contributed by atoms with Crippen molar-refractivity contribution in [2.75, 3.05) is 31.6 Å². The number of thiazole rings is 1. The number of fused-ring (bicyclic) bond motifs is 3. The maximum Gasteiger partial charge on any atom is 0.547 e. The number of aryl methyl sites for hydroxylation is 1. The standard InChI is InChI=1S/C39H48N4O5S/c1-25-19-29(7-10-32(25)47-2)39-15-12-38(13-16-39,14-17-39)24-43(34-20-28(11-18-40-34)33-21-41-35(49-33)26-3-4-26)36(45)27-5-8-31(9-6-27)48-37(46)42-22-30(44)23-42/h7,10-11,18-21,26-27,30-31,44H,3-6,8-9,12-17,22-24H2,1-2H3/p+1. The summed E-state index contributed by atoms with van der Waals surface area (Å²) in [4.78, 5) is 27.4. The maximum absolute atomic E-state index is 14.6. The molecular formula is C39H49N4O5S+. The molecule has 9 nitrogen and oxygen atoms in total. The monoisotopic (exact) mass is 685 g/mol. The maximum atomic E-state index is 14.6. The van der Waals surface area contributed by atoms with Crippen LogP contribution in [-0.4, -0.2) is 75.7 Å². The van der Waals surface area contributed by atoms with E-state index < -0.39 is 6.10 Å². The number of aliphatic hydroxyl groups excluding tert-OH is 2. The summed E-state index contributed by atoms with van der Waals surface area (Å²) in [6, 6.07) is 10.9. The predicted octanol–water partition coefficient (Wildman–Crippen LogP) is 6.90. The first kappa shape index (κ1) is 32.7. The lowest BCUT2D eigenvalue weighted by Gasteiger charge is -2.55. The zero-order valence-electron chi connectivity index (χ0n) is 28.8. The van der Waals surface area contributed by atoms with Crippen molar-refractivity contribution in [2.24, 2.45) is 11.3 Å². The molecule has 9 rings (SSSR count). The molecule has 3 aromatic rings. The summed E-state index contributed by atoms with van der Waals surface area (Å²) in [5.41, 5.74) is 3.97. The molecule has 6 fully saturated rings. The summed E-state index contributed by atoms with van der Waals surface area (Å²) in [6.45, 7) is 3.62. The van der Waals surface area contributed by atoms with Gasteiger partial charge in [-0.1, -0.05) is 12.1 Å². The first-order chi connectivity index (χ1) is 23.7. The van der Waals surface area contributed by atoms with Gasteiger partial charge in [0.15, 0.2) is 19.2 Å². The highest BCUT2D eigenvalue weighted by Gasteiger charge is 2.51. The number of rotatable bonds is 9. The van der Waals surface area contributed by atoms with Gasteiger partial charge in [0.2, 0.25) is 5.91 Å². The largest absolute Gasteiger partial charge is 0.547 e. The molecule has 6 aliphatic rings. The van der Waals surface area contributed by atoms with Crippen LogP contribution in [-0.2, 0) is 14.9 Å². The molecule has 2 bridgehead atoms. The Balaban J connectivity index is 1.01. The summed E-state index contributed by atoms with van der Waals surface area (Å²) in [6.07, 6.45) is 15.2. The van der Waals surface area contributed by atoms with E-state index in [9.17, 15) is 15.0 Å². The Morgan fingerprint density at radius 1 is 1.00 bits per heavy atom. The second-order valence-corrected chi connectivity index (χ2v) is 16.6. The van der Waals surface area contributed by atoms with Crippen LogP contribution in [0.1, 0.15) is 99.1 Å². The van der Waals surface area contributed by atoms with Crippen LogP contribution >= 0.6 is 11.3 Å². The lowest BCUT2D eigenvalue weighted by atomic mass is 9.51. The van der Waals surface area contributed by atoms with Crippen LogP contribution in [0.3, 0.4) is 0 Å². The quantitative estimate of drug-likeness (QED) is 0.186. The third-order valence-corrected chi connectivity index (χ3v) is 13.6. The van der Waals surface area contributed by atoms with Gasteiger partial charge in [-0.15, -0.1) is 11.3 Å². The second-order valence-electron chi connectivity index (χ2n) is 15.6. The number of hydrogen-bond acceptors (Lipinski definition) is 7. The normalized spacial score (nSPS) is 29.3. The molecule has 0 radical (unpaired) electrons. The third-order valence-electron chi connectivity index (χ3n) is 12.4. The first-order valence-corrected chi connectivity index (χ1v) is 19.1. The van der Waals surface area contributed by atoms with Gasteiger partial charge >= 0.3 is 6.08 Å². The van der Waals surface area contributed by atoms with Gasteiger partial charge in [0.1, 0.15) is 17.7 Å². The van der Waals surface area contributed by atoms with E-state index in [1.54, 1.807) is 23.0 Å². The second kappa shape index (κ2) is 13.0. The topological polar surface area (TPSA) is 108 Å². The van der Waals surface area contributed by atoms with Crippen LogP contribution in [0, 0.1) is 18.3 Å². The Labute approximate surface area is 293 Å². The molecule has 5 aliphatic carbocycles. The number of methoxy groups -OCH3 is 1. The van der Waals surface area contributed by atoms with Crippen molar-refractivity contribution in [1.29, 1.82) is 0 Å². The molecular weight excluding hydrogens is 637 g/mol. The van der Waals surface area contributed by atoms with Crippen LogP contribution in [0.25, 0.3) is 10.4 Å². The van der Waals surface area contributed by atoms with Crippen molar-refractivity contribution >= 4 is 29.1 Å². The van der Waals surface area contributed by atoms with Gasteiger partial charge in [-0.2, -0.15) is 4.58 Å². The Morgan fingerprint density at radius 3 is 2.39 bits per heavy atom. The van der Waals surface area contributed by atoms with Crippen molar-refractivity contribution in [3.8, 4) is 16.2 Å². The van der Waals surface area contributed by atoms with Gasteiger partial charge < -0.3 is 19.7 Å². The average molecular weight is 686 g/mol. The predicted molar refractivity (Wildman–Crippen MR) is 190 cm³/mol. The van der Waals surface area contributed by atoms with Crippen LogP contribution in [0.15, 0.2) is 42.7 Å². The number of aliphatic hydroxyl groups is 2. The van der Waals surface area contributed by atoms with Gasteiger partial charge in [-0.05, 0) is 130 Å². The number of aromatic nitrogens is 2. The first-order valence-electron chi connectivity index (χ1n) is 18.3. The lowest BCUT2D eigenvalue weighted by molar-refractivity contribution is -0.621. The molecule has 1 amide bonds. The Kier molecular flexibility index (Phi) is 8.67. The number of carbonyl (C=O) groups excluding carboxylic acids is 1. The minimum atomic E-state index is -0.413. The van der Waals surface area contributed by atoms with Gasteiger partial charge in [0.25, 0.3) is 0 Å². The van der Waals surface area contributed by atoms with Crippen LogP contribution in [0.4, 0.5) is 5.82 Å². The fourth-order valence-electron chi connectivity index (χ4n) is 8.89. The number of pyridine rings is 1. The molecule has 1 aliphatic heterocycles. The molecule has 5 saturated carbocycles. The van der Waals surface area contributed by atoms with Gasteiger partial charge in [0, 0.05) is 30.8 Å². The number of benzene rings is 1. The molecule has 1 aromatic carbocycles. The molecule has 49 heavy (non-hydrogen) atoms. The van der Waals surface area contributed by atoms with Gasteiger partial charge in [-0.25, -0.2) is 9.97 Å². The number of amides is 1. The summed E-state index contributed by atoms with van der Waals surface area (Å²) in [5, 5.41) is 21.2. The van der Waals surface area contributed by atoms with Crippen LogP contribution < -0.4 is 9.64 Å². The highest BCUT2D eigenvalue weighted by atomic mass is 32.1. The molecule has 260 valence electrons. The summed E-state index contributed by atoms with van der Waals surface area (Å²) < 4.78 is 13.1. The molecule has 0 spiro atoms. The molecule has 2 aromatic heterocycles. The van der Waals surface area contributed by atoms with Crippen molar-refractivity contribution in [1.82, 2.24) is 9.97 Å². The van der Waals surface area contributed by atoms with Gasteiger partial charge in [0.05, 0.1) is 17.0 Å². The molecule has 10 heteroatoms. The van der Waals surface area contributed by atoms with E-state index in [0.29, 0.717) is 51.2 Å². The third kappa shape index (κ3) is 6.47. The minimum Gasteiger partial charge on any atom is -0.496 e. The van der Waals surface area contributed by atoms with E-state index in [1.807, 2.05) is 23.4 Å². The van der Waals surface area contributed by atoms with Crippen LogP contribution in [0.5, 0.6) is 5.75 Å². The summed E-state index contributed by atoms with van der Waals surface area (Å²) in [7, 11) is 1.74. The van der Waals surface area contributed by atoms with E-state index in [2.05, 4.69) is 31.2 Å². The zero-order chi connectivity index (χ0) is 33.8. The van der Waals surface area contributed by atoms with E-state index in [0.717, 1.165) is 60.5 Å². The fraction of sp³-hybridized carbons (Fsp3) is 0.590. The SMILES string of the molecule is COc1ccc(C23CCC(CN(C(=O)C4CCC(OC(O)=[N+]5CC(O)C5)CC4)c4cc(-c5cnc(C6CC6)s5)ccn4)(CC2)CC3)cc1C. The number of ether oxygens (including phenoxy) is 2. The summed E-state index contributed by atoms with van der Waals surface area (Å²) in [5.74, 6) is 2.34. The molecule has 3 heterocycles. The Hall–Kier alpha value is -3.50. The van der Waals surface area contributed by atoms with E-state index in [-0.39, 0.29) is 34.8 Å². The van der Waals surface area contributed by atoms with Crippen molar-refractivity contribution < 1.29 is 29.1 Å². The van der Waals surface area contributed by atoms with E-state index >= 15 is 0 Å². The zero-order valence-corrected chi connectivity index (χ0v) is 29.6. The number of nitrogens with zero attached hydrogens (tertiary/aromatic N) is 4. The fourth-order valence-corrected chi connectivity index (χ4v) is 9.97. The highest BCUT2D eigenvalue weighted by Crippen LogP contribution is 2.58. The van der Waals surface area contributed by atoms with Crippen molar-refractivity contribution in [3.05, 3.63) is 58.9 Å². The highest BCUT2D eigenvalue weighted by molar-refractivity contribution is 7.15. The Bertz CT molecular complexity index is 1710. The van der Waals surface area contributed by atoms with Crippen molar-refractivity contribution in [3.63, 3.8) is 0 Å². The number of anilines is 1. The number of hydrogen-bond donors (Lipinski definition) is 2. The smallest absolute Gasteiger partial charge is 0.496 e. The minimum absolute atomic E-state index is 0.0725. The lowest BCUT2D eigenvalue weighted by Crippen LogP contribution is -2.52. The summed E-state index contributed by atoms with van der Waals surface area (Å²) >= 11 is 1.77. The average Bonchev–Trinajstić information content (AvgIpc) is 3.85. The molecule has 1 saturated heterocycles. The molecule has 2 N–H and O–H groups in total. The van der Waals surface area contributed by atoms with Crippen LogP contribution in [0.2, 0.25) is 0 Å². The van der Waals surface area contributed by atoms with E-state index in [4.69, 9.17) is 19.4 Å². The number of carbonyl (C=O) groups is 1.